The number of carboxylic acids is 1. The van der Waals surface area contributed by atoms with E-state index in [1.807, 2.05) is 24.3 Å². The van der Waals surface area contributed by atoms with Crippen molar-refractivity contribution >= 4 is 22.6 Å². The van der Waals surface area contributed by atoms with Gasteiger partial charge in [0.05, 0.1) is 24.5 Å². The molecule has 1 aliphatic heterocycles. The molecular formula is C33H37N3O3. The number of nitrogen functional groups attached to an aromatic ring is 1. The molecule has 0 unspecified atom stereocenters. The number of carbonyl (C=O) groups is 1. The highest BCUT2D eigenvalue weighted by Gasteiger charge is 2.27. The third-order valence-corrected chi connectivity index (χ3v) is 8.49. The molecule has 0 spiro atoms. The van der Waals surface area contributed by atoms with Crippen LogP contribution >= 0.6 is 0 Å². The number of fused-ring (bicyclic) bond motifs is 1. The topological polar surface area (TPSA) is 80.7 Å². The van der Waals surface area contributed by atoms with Crippen LogP contribution in [0.4, 0.5) is 5.69 Å². The highest BCUT2D eigenvalue weighted by atomic mass is 16.5. The Morgan fingerprint density at radius 1 is 0.872 bits per heavy atom. The van der Waals surface area contributed by atoms with E-state index in [0.717, 1.165) is 61.7 Å². The van der Waals surface area contributed by atoms with Crippen LogP contribution in [0.5, 0.6) is 0 Å². The molecule has 202 valence electrons. The normalized spacial score (nSPS) is 17.0. The SMILES string of the molecule is Nc1cccc(-c2ccc(-c3c(C4CCCCC4)c4ccc(C(=O)O)cc4n3CCN3CCOCC3)cc2)c1. The third-order valence-electron chi connectivity index (χ3n) is 8.49. The summed E-state index contributed by atoms with van der Waals surface area (Å²) in [5.74, 6) is -0.407. The molecule has 0 atom stereocenters. The Hall–Kier alpha value is -3.61. The van der Waals surface area contributed by atoms with Gasteiger partial charge in [-0.3, -0.25) is 4.90 Å². The van der Waals surface area contributed by atoms with Crippen LogP contribution in [0.25, 0.3) is 33.3 Å². The zero-order valence-electron chi connectivity index (χ0n) is 22.4. The first-order valence-corrected chi connectivity index (χ1v) is 14.2. The maximum atomic E-state index is 12.0. The van der Waals surface area contributed by atoms with Gasteiger partial charge in [-0.2, -0.15) is 0 Å². The molecular weight excluding hydrogens is 486 g/mol. The maximum Gasteiger partial charge on any atom is 0.335 e. The Morgan fingerprint density at radius 2 is 1.62 bits per heavy atom. The van der Waals surface area contributed by atoms with E-state index in [1.165, 1.54) is 54.3 Å². The lowest BCUT2D eigenvalue weighted by molar-refractivity contribution is 0.0366. The zero-order chi connectivity index (χ0) is 26.8. The van der Waals surface area contributed by atoms with Crippen LogP contribution in [0.1, 0.15) is 53.9 Å². The van der Waals surface area contributed by atoms with E-state index in [0.29, 0.717) is 11.5 Å². The summed E-state index contributed by atoms with van der Waals surface area (Å²) in [5, 5.41) is 11.0. The molecule has 3 N–H and O–H groups in total. The van der Waals surface area contributed by atoms with Gasteiger partial charge in [-0.05, 0) is 65.3 Å². The van der Waals surface area contributed by atoms with E-state index < -0.39 is 5.97 Å². The predicted molar refractivity (Wildman–Crippen MR) is 157 cm³/mol. The molecule has 4 aromatic rings. The van der Waals surface area contributed by atoms with Crippen molar-refractivity contribution in [3.8, 4) is 22.4 Å². The summed E-state index contributed by atoms with van der Waals surface area (Å²) < 4.78 is 7.97. The lowest BCUT2D eigenvalue weighted by Crippen LogP contribution is -2.38. The first kappa shape index (κ1) is 25.7. The molecule has 2 heterocycles. The molecule has 6 rings (SSSR count). The van der Waals surface area contributed by atoms with Gasteiger partial charge in [0.2, 0.25) is 0 Å². The summed E-state index contributed by atoms with van der Waals surface area (Å²) in [6, 6.07) is 22.5. The summed E-state index contributed by atoms with van der Waals surface area (Å²) in [5.41, 5.74) is 14.2. The average Bonchev–Trinajstić information content (AvgIpc) is 3.30. The molecule has 1 saturated carbocycles. The largest absolute Gasteiger partial charge is 0.478 e. The van der Waals surface area contributed by atoms with Crippen molar-refractivity contribution in [1.82, 2.24) is 9.47 Å². The van der Waals surface area contributed by atoms with Crippen molar-refractivity contribution in [2.45, 2.75) is 44.6 Å². The summed E-state index contributed by atoms with van der Waals surface area (Å²) in [6.07, 6.45) is 6.13. The number of benzene rings is 3. The Labute approximate surface area is 230 Å². The number of aromatic nitrogens is 1. The molecule has 6 heteroatoms. The molecule has 0 bridgehead atoms. The van der Waals surface area contributed by atoms with Crippen molar-refractivity contribution in [2.75, 3.05) is 38.6 Å². The van der Waals surface area contributed by atoms with Gasteiger partial charge in [0, 0.05) is 42.8 Å². The van der Waals surface area contributed by atoms with Crippen molar-refractivity contribution in [3.05, 3.63) is 77.9 Å². The summed E-state index contributed by atoms with van der Waals surface area (Å²) in [4.78, 5) is 14.4. The predicted octanol–water partition coefficient (Wildman–Crippen LogP) is 6.64. The minimum atomic E-state index is -0.884. The van der Waals surface area contributed by atoms with Crippen molar-refractivity contribution in [3.63, 3.8) is 0 Å². The van der Waals surface area contributed by atoms with Crippen LogP contribution in [0, 0.1) is 0 Å². The second kappa shape index (κ2) is 11.2. The molecule has 1 aliphatic carbocycles. The lowest BCUT2D eigenvalue weighted by atomic mass is 9.81. The second-order valence-electron chi connectivity index (χ2n) is 10.9. The van der Waals surface area contributed by atoms with Crippen LogP contribution in [0.3, 0.4) is 0 Å². The zero-order valence-corrected chi connectivity index (χ0v) is 22.4. The number of hydrogen-bond acceptors (Lipinski definition) is 4. The average molecular weight is 524 g/mol. The monoisotopic (exact) mass is 523 g/mol. The molecule has 3 aromatic carbocycles. The van der Waals surface area contributed by atoms with Crippen molar-refractivity contribution in [1.29, 1.82) is 0 Å². The van der Waals surface area contributed by atoms with Crippen LogP contribution in [-0.4, -0.2) is 53.4 Å². The molecule has 1 saturated heterocycles. The Balaban J connectivity index is 1.49. The lowest BCUT2D eigenvalue weighted by Gasteiger charge is -2.27. The molecule has 0 radical (unpaired) electrons. The number of nitrogens with zero attached hydrogens (tertiary/aromatic N) is 2. The fourth-order valence-corrected chi connectivity index (χ4v) is 6.46. The highest BCUT2D eigenvalue weighted by Crippen LogP contribution is 2.44. The Bertz CT molecular complexity index is 1460. The smallest absolute Gasteiger partial charge is 0.335 e. The van der Waals surface area contributed by atoms with E-state index in [9.17, 15) is 9.90 Å². The van der Waals surface area contributed by atoms with Gasteiger partial charge in [-0.1, -0.05) is 61.7 Å². The van der Waals surface area contributed by atoms with Gasteiger partial charge < -0.3 is 20.1 Å². The maximum absolute atomic E-state index is 12.0. The number of anilines is 1. The molecule has 6 nitrogen and oxygen atoms in total. The minimum Gasteiger partial charge on any atom is -0.478 e. The van der Waals surface area contributed by atoms with Crippen molar-refractivity contribution in [2.24, 2.45) is 0 Å². The summed E-state index contributed by atoms with van der Waals surface area (Å²) in [6.45, 7) is 5.10. The number of nitrogens with two attached hydrogens (primary N) is 1. The molecule has 39 heavy (non-hydrogen) atoms. The third kappa shape index (κ3) is 5.32. The number of rotatable bonds is 7. The van der Waals surface area contributed by atoms with Crippen LogP contribution < -0.4 is 5.73 Å². The number of carboxylic acid groups (broad SMARTS) is 1. The van der Waals surface area contributed by atoms with Gasteiger partial charge in [-0.25, -0.2) is 4.79 Å². The van der Waals surface area contributed by atoms with Crippen LogP contribution in [-0.2, 0) is 11.3 Å². The van der Waals surface area contributed by atoms with E-state index >= 15 is 0 Å². The first-order valence-electron chi connectivity index (χ1n) is 14.2. The quantitative estimate of drug-likeness (QED) is 0.266. The standard InChI is InChI=1S/C33H37N3O3/c34-28-8-4-7-26(21-28)23-9-11-25(12-10-23)32-31(24-5-2-1-3-6-24)29-14-13-27(33(37)38)22-30(29)36(32)16-15-35-17-19-39-20-18-35/h4,7-14,21-22,24H,1-3,5-6,15-20,34H2,(H,37,38). The minimum absolute atomic E-state index is 0.339. The van der Waals surface area contributed by atoms with E-state index in [1.54, 1.807) is 6.07 Å². The van der Waals surface area contributed by atoms with E-state index in [-0.39, 0.29) is 0 Å². The first-order chi connectivity index (χ1) is 19.1. The fraction of sp³-hybridized carbons (Fsp3) is 0.364. The van der Waals surface area contributed by atoms with Gasteiger partial charge >= 0.3 is 5.97 Å². The molecule has 0 amide bonds. The highest BCUT2D eigenvalue weighted by molar-refractivity contribution is 5.98. The van der Waals surface area contributed by atoms with E-state index in [4.69, 9.17) is 10.5 Å². The molecule has 2 aliphatic rings. The van der Waals surface area contributed by atoms with Crippen molar-refractivity contribution < 1.29 is 14.6 Å². The van der Waals surface area contributed by atoms with Gasteiger partial charge in [0.25, 0.3) is 0 Å². The second-order valence-corrected chi connectivity index (χ2v) is 10.9. The summed E-state index contributed by atoms with van der Waals surface area (Å²) >= 11 is 0. The number of hydrogen-bond donors (Lipinski definition) is 2. The van der Waals surface area contributed by atoms with Crippen LogP contribution in [0.15, 0.2) is 66.7 Å². The number of aromatic carboxylic acids is 1. The summed E-state index contributed by atoms with van der Waals surface area (Å²) in [7, 11) is 0. The van der Waals surface area contributed by atoms with E-state index in [2.05, 4.69) is 45.9 Å². The Morgan fingerprint density at radius 3 is 2.33 bits per heavy atom. The van der Waals surface area contributed by atoms with Crippen LogP contribution in [0.2, 0.25) is 0 Å². The molecule has 2 fully saturated rings. The molecule has 1 aromatic heterocycles. The van der Waals surface area contributed by atoms with Gasteiger partial charge in [0.15, 0.2) is 0 Å². The number of ether oxygens (including phenoxy) is 1. The number of morpholine rings is 1. The van der Waals surface area contributed by atoms with Gasteiger partial charge in [0.1, 0.15) is 0 Å². The fourth-order valence-electron chi connectivity index (χ4n) is 6.46. The Kier molecular flexibility index (Phi) is 7.40. The van der Waals surface area contributed by atoms with Gasteiger partial charge in [-0.15, -0.1) is 0 Å².